The number of hydrogen-bond acceptors (Lipinski definition) is 5. The first-order valence-corrected chi connectivity index (χ1v) is 7.88. The summed E-state index contributed by atoms with van der Waals surface area (Å²) in [4.78, 5) is 11.9. The van der Waals surface area contributed by atoms with Crippen LogP contribution in [0.15, 0.2) is 29.4 Å². The van der Waals surface area contributed by atoms with E-state index in [1.165, 1.54) is 11.8 Å². The number of aromatic nitrogens is 3. The van der Waals surface area contributed by atoms with Crippen molar-refractivity contribution in [1.82, 2.24) is 14.8 Å². The molecule has 1 aliphatic rings. The van der Waals surface area contributed by atoms with Crippen LogP contribution in [0, 0.1) is 0 Å². The Kier molecular flexibility index (Phi) is 4.03. The fourth-order valence-corrected chi connectivity index (χ4v) is 2.96. The third-order valence-electron chi connectivity index (χ3n) is 3.04. The zero-order valence-electron chi connectivity index (χ0n) is 11.1. The average molecular weight is 324 g/mol. The summed E-state index contributed by atoms with van der Waals surface area (Å²) in [6.07, 6.45) is 2.18. The van der Waals surface area contributed by atoms with Gasteiger partial charge in [-0.15, -0.1) is 10.2 Å². The van der Waals surface area contributed by atoms with Crippen molar-refractivity contribution in [1.29, 1.82) is 0 Å². The van der Waals surface area contributed by atoms with E-state index >= 15 is 0 Å². The van der Waals surface area contributed by atoms with Crippen LogP contribution in [0.4, 0.5) is 11.6 Å². The van der Waals surface area contributed by atoms with Crippen LogP contribution in [0.3, 0.4) is 0 Å². The molecule has 1 amide bonds. The fraction of sp³-hybridized carbons (Fsp3) is 0.308. The van der Waals surface area contributed by atoms with E-state index in [2.05, 4.69) is 15.5 Å². The number of nitrogens with two attached hydrogens (primary N) is 1. The van der Waals surface area contributed by atoms with Gasteiger partial charge in [0.25, 0.3) is 0 Å². The number of nitrogen functional groups attached to an aromatic ring is 1. The Bertz CT molecular complexity index is 670. The molecule has 1 aromatic carbocycles. The molecule has 110 valence electrons. The molecule has 6 nitrogen and oxygen atoms in total. The SMILES string of the molecule is Nc1nnc(SCC(=O)Nc2cccc(Cl)c2)n1C1CC1. The van der Waals surface area contributed by atoms with E-state index in [1.807, 2.05) is 4.57 Å². The summed E-state index contributed by atoms with van der Waals surface area (Å²) in [5, 5.41) is 12.0. The molecule has 0 radical (unpaired) electrons. The van der Waals surface area contributed by atoms with Crippen LogP contribution in [0.5, 0.6) is 0 Å². The normalized spacial score (nSPS) is 14.1. The van der Waals surface area contributed by atoms with Crippen molar-refractivity contribution in [3.63, 3.8) is 0 Å². The predicted molar refractivity (Wildman–Crippen MR) is 83.5 cm³/mol. The highest BCUT2D eigenvalue weighted by molar-refractivity contribution is 7.99. The number of nitrogens with zero attached hydrogens (tertiary/aromatic N) is 3. The number of rotatable bonds is 5. The maximum Gasteiger partial charge on any atom is 0.234 e. The van der Waals surface area contributed by atoms with Crippen LogP contribution in [-0.2, 0) is 4.79 Å². The van der Waals surface area contributed by atoms with Crippen molar-refractivity contribution in [2.24, 2.45) is 0 Å². The van der Waals surface area contributed by atoms with Crippen molar-refractivity contribution in [2.75, 3.05) is 16.8 Å². The molecule has 21 heavy (non-hydrogen) atoms. The van der Waals surface area contributed by atoms with Crippen molar-refractivity contribution in [2.45, 2.75) is 24.0 Å². The molecule has 0 aliphatic heterocycles. The van der Waals surface area contributed by atoms with Crippen molar-refractivity contribution < 1.29 is 4.79 Å². The lowest BCUT2D eigenvalue weighted by atomic mass is 10.3. The minimum absolute atomic E-state index is 0.119. The summed E-state index contributed by atoms with van der Waals surface area (Å²) in [6.45, 7) is 0. The van der Waals surface area contributed by atoms with Gasteiger partial charge in [0.1, 0.15) is 0 Å². The van der Waals surface area contributed by atoms with E-state index < -0.39 is 0 Å². The van der Waals surface area contributed by atoms with Crippen LogP contribution >= 0.6 is 23.4 Å². The molecule has 0 bridgehead atoms. The van der Waals surface area contributed by atoms with Gasteiger partial charge in [0.2, 0.25) is 11.9 Å². The van der Waals surface area contributed by atoms with Gasteiger partial charge in [0.15, 0.2) is 5.16 Å². The van der Waals surface area contributed by atoms with E-state index in [4.69, 9.17) is 17.3 Å². The highest BCUT2D eigenvalue weighted by Crippen LogP contribution is 2.39. The molecular weight excluding hydrogens is 310 g/mol. The zero-order valence-corrected chi connectivity index (χ0v) is 12.7. The number of benzene rings is 1. The van der Waals surface area contributed by atoms with E-state index in [0.717, 1.165) is 12.8 Å². The lowest BCUT2D eigenvalue weighted by Crippen LogP contribution is -2.14. The molecule has 1 saturated carbocycles. The highest BCUT2D eigenvalue weighted by atomic mass is 35.5. The number of carbonyl (C=O) groups is 1. The molecule has 1 aliphatic carbocycles. The molecule has 3 rings (SSSR count). The molecule has 1 heterocycles. The minimum Gasteiger partial charge on any atom is -0.368 e. The summed E-state index contributed by atoms with van der Waals surface area (Å²) >= 11 is 7.21. The van der Waals surface area contributed by atoms with Gasteiger partial charge >= 0.3 is 0 Å². The molecule has 8 heteroatoms. The first-order chi connectivity index (χ1) is 10.1. The molecule has 0 unspecified atom stereocenters. The predicted octanol–water partition coefficient (Wildman–Crippen LogP) is 2.58. The summed E-state index contributed by atoms with van der Waals surface area (Å²) in [6, 6.07) is 7.43. The van der Waals surface area contributed by atoms with Crippen molar-refractivity contribution >= 4 is 40.9 Å². The second-order valence-corrected chi connectivity index (χ2v) is 6.17. The Labute approximate surface area is 131 Å². The van der Waals surface area contributed by atoms with Crippen molar-refractivity contribution in [3.05, 3.63) is 29.3 Å². The van der Waals surface area contributed by atoms with Gasteiger partial charge in [-0.2, -0.15) is 0 Å². The number of thioether (sulfide) groups is 1. The zero-order chi connectivity index (χ0) is 14.8. The van der Waals surface area contributed by atoms with E-state index in [-0.39, 0.29) is 11.7 Å². The molecule has 0 spiro atoms. The molecule has 3 N–H and O–H groups in total. The third kappa shape index (κ3) is 3.48. The van der Waals surface area contributed by atoms with Crippen molar-refractivity contribution in [3.8, 4) is 0 Å². The Morgan fingerprint density at radius 1 is 1.48 bits per heavy atom. The van der Waals surface area contributed by atoms with Gasteiger partial charge in [-0.05, 0) is 31.0 Å². The topological polar surface area (TPSA) is 85.8 Å². The second kappa shape index (κ2) is 5.95. The maximum absolute atomic E-state index is 11.9. The van der Waals surface area contributed by atoms with E-state index in [0.29, 0.717) is 27.9 Å². The summed E-state index contributed by atoms with van der Waals surface area (Å²) in [7, 11) is 0. The van der Waals surface area contributed by atoms with E-state index in [1.54, 1.807) is 24.3 Å². The van der Waals surface area contributed by atoms with Crippen LogP contribution in [0.1, 0.15) is 18.9 Å². The first kappa shape index (κ1) is 14.2. The fourth-order valence-electron chi connectivity index (χ4n) is 1.96. The van der Waals surface area contributed by atoms with Gasteiger partial charge < -0.3 is 11.1 Å². The molecule has 0 atom stereocenters. The summed E-state index contributed by atoms with van der Waals surface area (Å²) < 4.78 is 1.90. The Morgan fingerprint density at radius 3 is 3.00 bits per heavy atom. The molecule has 1 fully saturated rings. The molecule has 2 aromatic rings. The molecule has 1 aromatic heterocycles. The Hall–Kier alpha value is -1.73. The van der Waals surface area contributed by atoms with Crippen LogP contribution in [0.2, 0.25) is 5.02 Å². The summed E-state index contributed by atoms with van der Waals surface area (Å²) in [5.74, 6) is 0.540. The standard InChI is InChI=1S/C13H14ClN5OS/c14-8-2-1-3-9(6-8)16-11(20)7-21-13-18-17-12(15)19(13)10-4-5-10/h1-3,6,10H,4-5,7H2,(H2,15,17)(H,16,20). The largest absolute Gasteiger partial charge is 0.368 e. The molecular formula is C13H14ClN5OS. The quantitative estimate of drug-likeness (QED) is 0.826. The minimum atomic E-state index is -0.119. The van der Waals surface area contributed by atoms with Gasteiger partial charge in [-0.1, -0.05) is 29.4 Å². The number of amides is 1. The smallest absolute Gasteiger partial charge is 0.234 e. The highest BCUT2D eigenvalue weighted by Gasteiger charge is 2.29. The monoisotopic (exact) mass is 323 g/mol. The second-order valence-electron chi connectivity index (χ2n) is 4.79. The van der Waals surface area contributed by atoms with E-state index in [9.17, 15) is 4.79 Å². The van der Waals surface area contributed by atoms with Gasteiger partial charge in [0.05, 0.1) is 5.75 Å². The lowest BCUT2D eigenvalue weighted by Gasteiger charge is -2.07. The van der Waals surface area contributed by atoms with Crippen LogP contribution in [-0.4, -0.2) is 26.4 Å². The van der Waals surface area contributed by atoms with Crippen LogP contribution in [0.25, 0.3) is 0 Å². The number of hydrogen-bond donors (Lipinski definition) is 2. The average Bonchev–Trinajstić information content (AvgIpc) is 3.20. The lowest BCUT2D eigenvalue weighted by molar-refractivity contribution is -0.113. The number of carbonyl (C=O) groups excluding carboxylic acids is 1. The number of anilines is 2. The third-order valence-corrected chi connectivity index (χ3v) is 4.22. The maximum atomic E-state index is 11.9. The Morgan fingerprint density at radius 2 is 2.29 bits per heavy atom. The van der Waals surface area contributed by atoms with Crippen LogP contribution < -0.4 is 11.1 Å². The first-order valence-electron chi connectivity index (χ1n) is 6.52. The van der Waals surface area contributed by atoms with Gasteiger partial charge in [0, 0.05) is 16.8 Å². The number of nitrogens with one attached hydrogen (secondary N) is 1. The summed E-state index contributed by atoms with van der Waals surface area (Å²) in [5.41, 5.74) is 6.47. The number of halogens is 1. The van der Waals surface area contributed by atoms with Gasteiger partial charge in [-0.25, -0.2) is 0 Å². The molecule has 0 saturated heterocycles. The van der Waals surface area contributed by atoms with Gasteiger partial charge in [-0.3, -0.25) is 9.36 Å². The Balaban J connectivity index is 1.59.